The monoisotopic (exact) mass is 333 g/mol. The standard InChI is InChI=1S/C12H13Cl2N3O2S/c1-17-8-15-12(11(17)14)20(18,19)16-6-5-9-3-2-4-10(13)7-9/h2-4,7-8,16H,5-6H2,1H3. The van der Waals surface area contributed by atoms with Gasteiger partial charge in [0.15, 0.2) is 0 Å². The van der Waals surface area contributed by atoms with Gasteiger partial charge in [-0.2, -0.15) is 0 Å². The number of aromatic nitrogens is 2. The number of sulfonamides is 1. The van der Waals surface area contributed by atoms with Crippen LogP contribution in [0.4, 0.5) is 0 Å². The maximum atomic E-state index is 12.0. The summed E-state index contributed by atoms with van der Waals surface area (Å²) in [5.41, 5.74) is 0.951. The maximum Gasteiger partial charge on any atom is 0.261 e. The van der Waals surface area contributed by atoms with Gasteiger partial charge in [-0.15, -0.1) is 0 Å². The summed E-state index contributed by atoms with van der Waals surface area (Å²) in [7, 11) is -2.07. The minimum absolute atomic E-state index is 0.0836. The molecule has 0 atom stereocenters. The van der Waals surface area contributed by atoms with Crippen LogP contribution in [0.2, 0.25) is 10.2 Å². The van der Waals surface area contributed by atoms with E-state index in [-0.39, 0.29) is 16.7 Å². The molecule has 2 aromatic rings. The first kappa shape index (κ1) is 15.3. The van der Waals surface area contributed by atoms with E-state index in [0.29, 0.717) is 11.4 Å². The van der Waals surface area contributed by atoms with Gasteiger partial charge in [-0.3, -0.25) is 0 Å². The molecule has 20 heavy (non-hydrogen) atoms. The summed E-state index contributed by atoms with van der Waals surface area (Å²) in [5, 5.41) is 0.547. The quantitative estimate of drug-likeness (QED) is 0.912. The lowest BCUT2D eigenvalue weighted by molar-refractivity contribution is 0.578. The molecule has 108 valence electrons. The zero-order valence-corrected chi connectivity index (χ0v) is 13.0. The van der Waals surface area contributed by atoms with Crippen molar-refractivity contribution in [2.75, 3.05) is 6.54 Å². The van der Waals surface area contributed by atoms with E-state index in [1.165, 1.54) is 10.9 Å². The Morgan fingerprint density at radius 2 is 2.10 bits per heavy atom. The van der Waals surface area contributed by atoms with E-state index in [4.69, 9.17) is 23.2 Å². The third-order valence-electron chi connectivity index (χ3n) is 2.68. The number of halogens is 2. The highest BCUT2D eigenvalue weighted by Crippen LogP contribution is 2.18. The lowest BCUT2D eigenvalue weighted by Gasteiger charge is -2.05. The van der Waals surface area contributed by atoms with E-state index in [9.17, 15) is 8.42 Å². The SMILES string of the molecule is Cn1cnc(S(=O)(=O)NCCc2cccc(Cl)c2)c1Cl. The highest BCUT2D eigenvalue weighted by atomic mass is 35.5. The van der Waals surface area contributed by atoms with Crippen LogP contribution >= 0.6 is 23.2 Å². The van der Waals surface area contributed by atoms with E-state index in [1.807, 2.05) is 12.1 Å². The van der Waals surface area contributed by atoms with Crippen molar-refractivity contribution >= 4 is 33.2 Å². The van der Waals surface area contributed by atoms with Crippen molar-refractivity contribution in [3.05, 3.63) is 46.3 Å². The van der Waals surface area contributed by atoms with E-state index in [0.717, 1.165) is 5.56 Å². The molecular formula is C12H13Cl2N3O2S. The minimum Gasteiger partial charge on any atom is -0.324 e. The van der Waals surface area contributed by atoms with Crippen LogP contribution in [0.1, 0.15) is 5.56 Å². The molecule has 0 radical (unpaired) electrons. The first-order valence-corrected chi connectivity index (χ1v) is 8.05. The highest BCUT2D eigenvalue weighted by molar-refractivity contribution is 7.89. The van der Waals surface area contributed by atoms with Crippen molar-refractivity contribution < 1.29 is 8.42 Å². The molecule has 0 fully saturated rings. The van der Waals surface area contributed by atoms with E-state index >= 15 is 0 Å². The molecule has 0 saturated carbocycles. The summed E-state index contributed by atoms with van der Waals surface area (Å²) in [6.07, 6.45) is 1.89. The summed E-state index contributed by atoms with van der Waals surface area (Å²) < 4.78 is 28.0. The Kier molecular flexibility index (Phi) is 4.70. The van der Waals surface area contributed by atoms with Gasteiger partial charge in [0.25, 0.3) is 10.0 Å². The van der Waals surface area contributed by atoms with Gasteiger partial charge in [0.2, 0.25) is 5.03 Å². The van der Waals surface area contributed by atoms with Gasteiger partial charge < -0.3 is 4.57 Å². The lowest BCUT2D eigenvalue weighted by Crippen LogP contribution is -2.26. The molecule has 0 unspecified atom stereocenters. The fourth-order valence-electron chi connectivity index (χ4n) is 1.66. The van der Waals surface area contributed by atoms with Crippen molar-refractivity contribution in [3.63, 3.8) is 0 Å². The fraction of sp³-hybridized carbons (Fsp3) is 0.250. The van der Waals surface area contributed by atoms with Gasteiger partial charge in [0.1, 0.15) is 5.15 Å². The van der Waals surface area contributed by atoms with Crippen LogP contribution in [0.15, 0.2) is 35.6 Å². The van der Waals surface area contributed by atoms with Gasteiger partial charge in [0, 0.05) is 18.6 Å². The molecule has 0 saturated heterocycles. The smallest absolute Gasteiger partial charge is 0.261 e. The van der Waals surface area contributed by atoms with E-state index in [2.05, 4.69) is 9.71 Å². The summed E-state index contributed by atoms with van der Waals surface area (Å²) >= 11 is 11.7. The molecule has 0 aliphatic carbocycles. The Morgan fingerprint density at radius 1 is 1.35 bits per heavy atom. The average molecular weight is 334 g/mol. The number of benzene rings is 1. The number of rotatable bonds is 5. The second-order valence-corrected chi connectivity index (χ2v) is 6.71. The summed E-state index contributed by atoms with van der Waals surface area (Å²) in [6, 6.07) is 7.27. The number of nitrogens with zero attached hydrogens (tertiary/aromatic N) is 2. The topological polar surface area (TPSA) is 64.0 Å². The molecule has 0 spiro atoms. The Labute approximate surface area is 127 Å². The van der Waals surface area contributed by atoms with Crippen LogP contribution in [0, 0.1) is 0 Å². The van der Waals surface area contributed by atoms with Gasteiger partial charge >= 0.3 is 0 Å². The van der Waals surface area contributed by atoms with Gasteiger partial charge in [0.05, 0.1) is 6.33 Å². The third-order valence-corrected chi connectivity index (χ3v) is 4.87. The number of imidazole rings is 1. The van der Waals surface area contributed by atoms with Crippen LogP contribution in [-0.4, -0.2) is 24.5 Å². The summed E-state index contributed by atoms with van der Waals surface area (Å²) in [6.45, 7) is 0.246. The molecule has 1 aromatic heterocycles. The molecule has 5 nitrogen and oxygen atoms in total. The van der Waals surface area contributed by atoms with Crippen molar-refractivity contribution in [3.8, 4) is 0 Å². The molecular weight excluding hydrogens is 321 g/mol. The van der Waals surface area contributed by atoms with Gasteiger partial charge in [-0.25, -0.2) is 18.1 Å². The predicted octanol–water partition coefficient (Wildman–Crippen LogP) is 2.25. The lowest BCUT2D eigenvalue weighted by atomic mass is 10.2. The molecule has 0 bridgehead atoms. The number of aryl methyl sites for hydroxylation is 1. The number of hydrogen-bond acceptors (Lipinski definition) is 3. The maximum absolute atomic E-state index is 12.0. The Bertz CT molecular complexity index is 713. The van der Waals surface area contributed by atoms with Crippen LogP contribution in [0.3, 0.4) is 0 Å². The highest BCUT2D eigenvalue weighted by Gasteiger charge is 2.21. The Morgan fingerprint density at radius 3 is 2.70 bits per heavy atom. The molecule has 0 aliphatic rings. The molecule has 8 heteroatoms. The zero-order valence-electron chi connectivity index (χ0n) is 10.7. The van der Waals surface area contributed by atoms with Crippen molar-refractivity contribution in [1.29, 1.82) is 0 Å². The molecule has 2 rings (SSSR count). The van der Waals surface area contributed by atoms with E-state index in [1.54, 1.807) is 19.2 Å². The van der Waals surface area contributed by atoms with Crippen LogP contribution in [0.5, 0.6) is 0 Å². The van der Waals surface area contributed by atoms with Gasteiger partial charge in [-0.1, -0.05) is 35.3 Å². The fourth-order valence-corrected chi connectivity index (χ4v) is 3.33. The minimum atomic E-state index is -3.70. The molecule has 0 amide bonds. The van der Waals surface area contributed by atoms with Gasteiger partial charge in [-0.05, 0) is 24.1 Å². The molecule has 1 heterocycles. The largest absolute Gasteiger partial charge is 0.324 e. The first-order valence-electron chi connectivity index (χ1n) is 5.81. The van der Waals surface area contributed by atoms with Crippen LogP contribution in [-0.2, 0) is 23.5 Å². The zero-order chi connectivity index (χ0) is 14.8. The molecule has 1 N–H and O–H groups in total. The van der Waals surface area contributed by atoms with Crippen LogP contribution < -0.4 is 4.72 Å². The first-order chi connectivity index (χ1) is 9.40. The summed E-state index contributed by atoms with van der Waals surface area (Å²) in [5.74, 6) is 0. The summed E-state index contributed by atoms with van der Waals surface area (Å²) in [4.78, 5) is 3.79. The van der Waals surface area contributed by atoms with Crippen molar-refractivity contribution in [1.82, 2.24) is 14.3 Å². The number of hydrogen-bond donors (Lipinski definition) is 1. The van der Waals surface area contributed by atoms with Crippen molar-refractivity contribution in [2.24, 2.45) is 7.05 Å². The predicted molar refractivity (Wildman–Crippen MR) is 78.6 cm³/mol. The van der Waals surface area contributed by atoms with E-state index < -0.39 is 10.0 Å². The third kappa shape index (κ3) is 3.52. The second kappa shape index (κ2) is 6.13. The van der Waals surface area contributed by atoms with Crippen molar-refractivity contribution in [2.45, 2.75) is 11.4 Å². The molecule has 1 aromatic carbocycles. The normalized spacial score (nSPS) is 11.8. The average Bonchev–Trinajstić information content (AvgIpc) is 2.70. The Balaban J connectivity index is 2.02. The second-order valence-electron chi connectivity index (χ2n) is 4.23. The van der Waals surface area contributed by atoms with Crippen LogP contribution in [0.25, 0.3) is 0 Å². The molecule has 0 aliphatic heterocycles. The number of nitrogens with one attached hydrogen (secondary N) is 1. The Hall–Kier alpha value is -1.08.